The first-order valence-electron chi connectivity index (χ1n) is 8.70. The lowest BCUT2D eigenvalue weighted by Gasteiger charge is -2.22. The fraction of sp³-hybridized carbons (Fsp3) is 0.0909. The van der Waals surface area contributed by atoms with Gasteiger partial charge in [-0.05, 0) is 67.7 Å². The van der Waals surface area contributed by atoms with E-state index in [4.69, 9.17) is 17.0 Å². The molecular weight excluding hydrogens is 356 g/mol. The Labute approximate surface area is 163 Å². The predicted molar refractivity (Wildman–Crippen MR) is 111 cm³/mol. The van der Waals surface area contributed by atoms with E-state index in [9.17, 15) is 4.79 Å². The van der Waals surface area contributed by atoms with E-state index in [1.54, 1.807) is 4.90 Å². The number of amides is 1. The summed E-state index contributed by atoms with van der Waals surface area (Å²) >= 11 is 5.62. The Bertz CT molecular complexity index is 959. The molecule has 1 aliphatic heterocycles. The van der Waals surface area contributed by atoms with Crippen LogP contribution in [0.15, 0.2) is 84.9 Å². The van der Waals surface area contributed by atoms with Crippen molar-refractivity contribution in [2.45, 2.75) is 13.0 Å². The van der Waals surface area contributed by atoms with Gasteiger partial charge in [0.1, 0.15) is 17.5 Å². The molecule has 0 spiro atoms. The van der Waals surface area contributed by atoms with Crippen LogP contribution in [-0.4, -0.2) is 17.1 Å². The van der Waals surface area contributed by atoms with E-state index in [1.807, 2.05) is 96.8 Å². The molecule has 3 aromatic carbocycles. The molecule has 4 nitrogen and oxygen atoms in total. The highest BCUT2D eigenvalue weighted by atomic mass is 32.1. The lowest BCUT2D eigenvalue weighted by Crippen LogP contribution is -2.33. The molecule has 1 saturated heterocycles. The van der Waals surface area contributed by atoms with Gasteiger partial charge in [0.25, 0.3) is 5.91 Å². The van der Waals surface area contributed by atoms with Crippen molar-refractivity contribution in [1.29, 1.82) is 0 Å². The van der Waals surface area contributed by atoms with E-state index in [2.05, 4.69) is 0 Å². The minimum atomic E-state index is -0.362. The second-order valence-electron chi connectivity index (χ2n) is 6.25. The quantitative estimate of drug-likeness (QED) is 0.601. The zero-order valence-corrected chi connectivity index (χ0v) is 15.6. The van der Waals surface area contributed by atoms with Crippen molar-refractivity contribution in [2.75, 3.05) is 9.80 Å². The number of benzene rings is 3. The number of carbonyl (C=O) groups is 1. The van der Waals surface area contributed by atoms with Crippen LogP contribution in [0.5, 0.6) is 11.5 Å². The standard InChI is InChI=1S/C22H18N2O2S/c1-16-21(25)24(17-8-4-2-5-9-17)22(27)23(16)18-12-14-20(15-13-18)26-19-10-6-3-7-11-19/h2-16H,1H3. The summed E-state index contributed by atoms with van der Waals surface area (Å²) in [6.07, 6.45) is 0. The van der Waals surface area contributed by atoms with Crippen molar-refractivity contribution in [1.82, 2.24) is 0 Å². The normalized spacial score (nSPS) is 16.7. The van der Waals surface area contributed by atoms with Gasteiger partial charge in [-0.2, -0.15) is 0 Å². The summed E-state index contributed by atoms with van der Waals surface area (Å²) in [5.74, 6) is 1.48. The van der Waals surface area contributed by atoms with E-state index >= 15 is 0 Å². The molecule has 1 unspecified atom stereocenters. The van der Waals surface area contributed by atoms with Gasteiger partial charge in [0.2, 0.25) is 0 Å². The molecular formula is C22H18N2O2S. The van der Waals surface area contributed by atoms with Gasteiger partial charge in [-0.3, -0.25) is 9.69 Å². The number of thiocarbonyl (C=S) groups is 1. The predicted octanol–water partition coefficient (Wildman–Crippen LogP) is 5.01. The van der Waals surface area contributed by atoms with Gasteiger partial charge in [0.15, 0.2) is 5.11 Å². The molecule has 0 aliphatic carbocycles. The molecule has 4 rings (SSSR count). The van der Waals surface area contributed by atoms with Crippen LogP contribution in [0.3, 0.4) is 0 Å². The van der Waals surface area contributed by atoms with Crippen LogP contribution < -0.4 is 14.5 Å². The molecule has 1 atom stereocenters. The van der Waals surface area contributed by atoms with Gasteiger partial charge < -0.3 is 9.64 Å². The Balaban J connectivity index is 1.58. The monoisotopic (exact) mass is 374 g/mol. The maximum absolute atomic E-state index is 12.8. The SMILES string of the molecule is CC1C(=O)N(c2ccccc2)C(=S)N1c1ccc(Oc2ccccc2)cc1. The number of rotatable bonds is 4. The Morgan fingerprint density at radius 2 is 1.33 bits per heavy atom. The summed E-state index contributed by atoms with van der Waals surface area (Å²) in [7, 11) is 0. The molecule has 3 aromatic rings. The molecule has 0 N–H and O–H groups in total. The van der Waals surface area contributed by atoms with Gasteiger partial charge in [-0.15, -0.1) is 0 Å². The highest BCUT2D eigenvalue weighted by molar-refractivity contribution is 7.81. The number of para-hydroxylation sites is 2. The average molecular weight is 374 g/mol. The molecule has 0 bridgehead atoms. The van der Waals surface area contributed by atoms with Crippen LogP contribution in [0.2, 0.25) is 0 Å². The van der Waals surface area contributed by atoms with Crippen molar-refractivity contribution in [3.63, 3.8) is 0 Å². The summed E-state index contributed by atoms with van der Waals surface area (Å²) in [4.78, 5) is 16.2. The molecule has 1 heterocycles. The lowest BCUT2D eigenvalue weighted by molar-refractivity contribution is -0.117. The smallest absolute Gasteiger partial charge is 0.256 e. The van der Waals surface area contributed by atoms with Gasteiger partial charge in [-0.1, -0.05) is 36.4 Å². The molecule has 0 radical (unpaired) electrons. The fourth-order valence-electron chi connectivity index (χ4n) is 3.11. The fourth-order valence-corrected chi connectivity index (χ4v) is 3.57. The maximum Gasteiger partial charge on any atom is 0.256 e. The van der Waals surface area contributed by atoms with E-state index < -0.39 is 0 Å². The largest absolute Gasteiger partial charge is 0.457 e. The molecule has 134 valence electrons. The third-order valence-corrected chi connectivity index (χ3v) is 4.85. The first-order chi connectivity index (χ1) is 13.1. The first-order valence-corrected chi connectivity index (χ1v) is 9.11. The van der Waals surface area contributed by atoms with Crippen LogP contribution in [-0.2, 0) is 4.79 Å². The topological polar surface area (TPSA) is 32.8 Å². The number of hydrogen-bond acceptors (Lipinski definition) is 3. The highest BCUT2D eigenvalue weighted by Crippen LogP contribution is 2.31. The number of hydrogen-bond donors (Lipinski definition) is 0. The summed E-state index contributed by atoms with van der Waals surface area (Å²) in [5, 5.41) is 0.482. The van der Waals surface area contributed by atoms with Gasteiger partial charge >= 0.3 is 0 Å². The minimum Gasteiger partial charge on any atom is -0.457 e. The summed E-state index contributed by atoms with van der Waals surface area (Å²) in [6.45, 7) is 1.87. The highest BCUT2D eigenvalue weighted by Gasteiger charge is 2.41. The number of carbonyl (C=O) groups excluding carboxylic acids is 1. The molecule has 1 amide bonds. The van der Waals surface area contributed by atoms with Crippen molar-refractivity contribution >= 4 is 34.6 Å². The van der Waals surface area contributed by atoms with E-state index in [0.29, 0.717) is 5.11 Å². The van der Waals surface area contributed by atoms with Crippen LogP contribution in [0.1, 0.15) is 6.92 Å². The van der Waals surface area contributed by atoms with E-state index in [0.717, 1.165) is 22.9 Å². The van der Waals surface area contributed by atoms with Crippen molar-refractivity contribution in [3.8, 4) is 11.5 Å². The van der Waals surface area contributed by atoms with Crippen LogP contribution >= 0.6 is 12.2 Å². The summed E-state index contributed by atoms with van der Waals surface area (Å²) in [5.41, 5.74) is 1.64. The van der Waals surface area contributed by atoms with Gasteiger partial charge in [0.05, 0.1) is 5.69 Å². The minimum absolute atomic E-state index is 0.0317. The first kappa shape index (κ1) is 17.2. The Morgan fingerprint density at radius 1 is 0.778 bits per heavy atom. The molecule has 0 saturated carbocycles. The summed E-state index contributed by atoms with van der Waals surface area (Å²) < 4.78 is 5.83. The zero-order valence-electron chi connectivity index (χ0n) is 14.8. The Morgan fingerprint density at radius 3 is 1.96 bits per heavy atom. The number of ether oxygens (including phenoxy) is 1. The van der Waals surface area contributed by atoms with Crippen molar-refractivity contribution in [2.24, 2.45) is 0 Å². The van der Waals surface area contributed by atoms with Crippen LogP contribution in [0.25, 0.3) is 0 Å². The van der Waals surface area contributed by atoms with E-state index in [-0.39, 0.29) is 11.9 Å². The second-order valence-corrected chi connectivity index (χ2v) is 6.61. The van der Waals surface area contributed by atoms with Crippen LogP contribution in [0, 0.1) is 0 Å². The molecule has 1 fully saturated rings. The second kappa shape index (κ2) is 7.21. The zero-order chi connectivity index (χ0) is 18.8. The van der Waals surface area contributed by atoms with Crippen molar-refractivity contribution < 1.29 is 9.53 Å². The summed E-state index contributed by atoms with van der Waals surface area (Å²) in [6, 6.07) is 26.3. The molecule has 27 heavy (non-hydrogen) atoms. The number of nitrogens with zero attached hydrogens (tertiary/aromatic N) is 2. The van der Waals surface area contributed by atoms with Gasteiger partial charge in [-0.25, -0.2) is 0 Å². The third-order valence-electron chi connectivity index (χ3n) is 4.47. The maximum atomic E-state index is 12.8. The molecule has 5 heteroatoms. The van der Waals surface area contributed by atoms with Crippen LogP contribution in [0.4, 0.5) is 11.4 Å². The molecule has 1 aliphatic rings. The Hall–Kier alpha value is -3.18. The van der Waals surface area contributed by atoms with Crippen molar-refractivity contribution in [3.05, 3.63) is 84.9 Å². The number of anilines is 2. The third kappa shape index (κ3) is 3.29. The van der Waals surface area contributed by atoms with Gasteiger partial charge in [0, 0.05) is 5.69 Å². The average Bonchev–Trinajstić information content (AvgIpc) is 2.93. The Kier molecular flexibility index (Phi) is 4.60. The van der Waals surface area contributed by atoms with E-state index in [1.165, 1.54) is 0 Å². The molecule has 0 aromatic heterocycles. The lowest BCUT2D eigenvalue weighted by atomic mass is 10.2.